The third kappa shape index (κ3) is 3.32. The van der Waals surface area contributed by atoms with E-state index >= 15 is 0 Å². The molecule has 1 atom stereocenters. The van der Waals surface area contributed by atoms with E-state index in [0.29, 0.717) is 0 Å². The highest BCUT2D eigenvalue weighted by molar-refractivity contribution is 7.25. The first-order valence-corrected chi connectivity index (χ1v) is 15.9. The van der Waals surface area contributed by atoms with E-state index in [1.54, 1.807) is 0 Å². The maximum Gasteiger partial charge on any atom is 0.494 e. The minimum absolute atomic E-state index is 0.414. The van der Waals surface area contributed by atoms with Gasteiger partial charge in [0, 0.05) is 20.2 Å². The van der Waals surface area contributed by atoms with Crippen molar-refractivity contribution in [2.75, 3.05) is 0 Å². The van der Waals surface area contributed by atoms with Crippen molar-refractivity contribution in [3.8, 4) is 0 Å². The highest BCUT2D eigenvalue weighted by atomic mass is 32.1. The SMILES string of the molecule is CC1(C)OB(c2cc3c4c(ccc5cccc(c54)C3(c3ccccc3)c3ccc4c(c3)sc3ccccc34)c2)OC1(C)C. The summed E-state index contributed by atoms with van der Waals surface area (Å²) in [6, 6.07) is 43.0. The molecule has 1 aromatic heterocycles. The lowest BCUT2D eigenvalue weighted by atomic mass is 9.65. The topological polar surface area (TPSA) is 18.5 Å². The second kappa shape index (κ2) is 8.57. The van der Waals surface area contributed by atoms with Crippen molar-refractivity contribution in [2.24, 2.45) is 0 Å². The van der Waals surface area contributed by atoms with Crippen molar-refractivity contribution >= 4 is 65.6 Å². The molecular weight excluding hydrogens is 543 g/mol. The molecule has 1 unspecified atom stereocenters. The van der Waals surface area contributed by atoms with Crippen LogP contribution in [-0.4, -0.2) is 18.3 Å². The number of thiophene rings is 1. The van der Waals surface area contributed by atoms with Gasteiger partial charge in [-0.1, -0.05) is 103 Å². The van der Waals surface area contributed by atoms with E-state index in [0.717, 1.165) is 5.46 Å². The molecule has 2 heterocycles. The molecule has 1 saturated heterocycles. The van der Waals surface area contributed by atoms with Gasteiger partial charge in [0.05, 0.1) is 16.6 Å². The van der Waals surface area contributed by atoms with Crippen LogP contribution < -0.4 is 5.46 Å². The number of hydrogen-bond acceptors (Lipinski definition) is 3. The lowest BCUT2D eigenvalue weighted by Gasteiger charge is -2.34. The minimum atomic E-state index is -0.493. The van der Waals surface area contributed by atoms with Crippen LogP contribution in [0, 0.1) is 0 Å². The molecule has 0 radical (unpaired) electrons. The van der Waals surface area contributed by atoms with E-state index in [9.17, 15) is 0 Å². The fraction of sp³-hybridized carbons (Fsp3) is 0.179. The minimum Gasteiger partial charge on any atom is -0.399 e. The maximum atomic E-state index is 6.63. The van der Waals surface area contributed by atoms with E-state index in [-0.39, 0.29) is 0 Å². The average molecular weight is 575 g/mol. The van der Waals surface area contributed by atoms with Crippen LogP contribution in [0.15, 0.2) is 115 Å². The van der Waals surface area contributed by atoms with Crippen LogP contribution >= 0.6 is 11.3 Å². The number of benzene rings is 6. The predicted molar refractivity (Wildman–Crippen MR) is 182 cm³/mol. The van der Waals surface area contributed by atoms with Crippen molar-refractivity contribution in [1.82, 2.24) is 0 Å². The largest absolute Gasteiger partial charge is 0.494 e. The number of fused-ring (bicyclic) bond motifs is 3. The number of rotatable bonds is 3. The Kier molecular flexibility index (Phi) is 5.09. The molecule has 6 aromatic carbocycles. The average Bonchev–Trinajstić information content (AvgIpc) is 3.61. The van der Waals surface area contributed by atoms with Gasteiger partial charge in [0.2, 0.25) is 0 Å². The van der Waals surface area contributed by atoms with Crippen LogP contribution in [0.1, 0.15) is 49.9 Å². The molecule has 7 aromatic rings. The molecule has 2 nitrogen and oxygen atoms in total. The molecule has 9 rings (SSSR count). The molecule has 1 aliphatic carbocycles. The van der Waals surface area contributed by atoms with Gasteiger partial charge in [0.15, 0.2) is 0 Å². The van der Waals surface area contributed by atoms with Crippen LogP contribution in [-0.2, 0) is 14.7 Å². The Morgan fingerprint density at radius 3 is 2.05 bits per heavy atom. The van der Waals surface area contributed by atoms with Gasteiger partial charge in [0.1, 0.15) is 0 Å². The summed E-state index contributed by atoms with van der Waals surface area (Å²) in [7, 11) is -0.441. The maximum absolute atomic E-state index is 6.63. The molecule has 0 saturated carbocycles. The first-order valence-electron chi connectivity index (χ1n) is 15.1. The highest BCUT2D eigenvalue weighted by Crippen LogP contribution is 2.56. The molecule has 208 valence electrons. The fourth-order valence-electron chi connectivity index (χ4n) is 7.57. The zero-order valence-corrected chi connectivity index (χ0v) is 25.6. The van der Waals surface area contributed by atoms with E-state index in [4.69, 9.17) is 9.31 Å². The Hall–Kier alpha value is -3.96. The molecule has 0 N–H and O–H groups in total. The summed E-state index contributed by atoms with van der Waals surface area (Å²) in [6.07, 6.45) is 0. The molecule has 4 heteroatoms. The third-order valence-electron chi connectivity index (χ3n) is 10.3. The van der Waals surface area contributed by atoms with Crippen LogP contribution in [0.25, 0.3) is 41.7 Å². The Bertz CT molecular complexity index is 2250. The summed E-state index contributed by atoms with van der Waals surface area (Å²) < 4.78 is 15.9. The monoisotopic (exact) mass is 574 g/mol. The Balaban J connectivity index is 1.39. The number of hydrogen-bond donors (Lipinski definition) is 0. The second-order valence-corrected chi connectivity index (χ2v) is 14.2. The first-order chi connectivity index (χ1) is 20.8. The van der Waals surface area contributed by atoms with Gasteiger partial charge in [-0.2, -0.15) is 0 Å². The quantitative estimate of drug-likeness (QED) is 0.155. The van der Waals surface area contributed by atoms with E-state index in [1.807, 2.05) is 11.3 Å². The van der Waals surface area contributed by atoms with Crippen molar-refractivity contribution < 1.29 is 9.31 Å². The molecular formula is C39H31BO2S. The predicted octanol–water partition coefficient (Wildman–Crippen LogP) is 9.36. The Morgan fingerprint density at radius 1 is 0.535 bits per heavy atom. The lowest BCUT2D eigenvalue weighted by molar-refractivity contribution is 0.00578. The third-order valence-corrected chi connectivity index (χ3v) is 11.5. The van der Waals surface area contributed by atoms with Gasteiger partial charge in [0.25, 0.3) is 0 Å². The normalized spacial score (nSPS) is 20.3. The van der Waals surface area contributed by atoms with Gasteiger partial charge in [-0.25, -0.2) is 0 Å². The van der Waals surface area contributed by atoms with Gasteiger partial charge in [-0.15, -0.1) is 11.3 Å². The Morgan fingerprint density at radius 2 is 1.23 bits per heavy atom. The zero-order chi connectivity index (χ0) is 29.1. The van der Waals surface area contributed by atoms with E-state index in [2.05, 4.69) is 143 Å². The first kappa shape index (κ1) is 25.5. The van der Waals surface area contributed by atoms with Crippen LogP contribution in [0.4, 0.5) is 0 Å². The summed E-state index contributed by atoms with van der Waals surface area (Å²) in [4.78, 5) is 0. The van der Waals surface area contributed by atoms with Crippen LogP contribution in [0.3, 0.4) is 0 Å². The van der Waals surface area contributed by atoms with Gasteiger partial charge < -0.3 is 9.31 Å². The van der Waals surface area contributed by atoms with E-state index in [1.165, 1.54) is 64.0 Å². The van der Waals surface area contributed by atoms with Crippen molar-refractivity contribution in [3.05, 3.63) is 138 Å². The highest BCUT2D eigenvalue weighted by Gasteiger charge is 2.53. The van der Waals surface area contributed by atoms with Crippen molar-refractivity contribution in [2.45, 2.75) is 44.3 Å². The summed E-state index contributed by atoms with van der Waals surface area (Å²) in [6.45, 7) is 8.50. The van der Waals surface area contributed by atoms with Crippen molar-refractivity contribution in [3.63, 3.8) is 0 Å². The summed E-state index contributed by atoms with van der Waals surface area (Å²) in [5.74, 6) is 0. The molecule has 1 fully saturated rings. The van der Waals surface area contributed by atoms with Crippen molar-refractivity contribution in [1.29, 1.82) is 0 Å². The molecule has 0 bridgehead atoms. The second-order valence-electron chi connectivity index (χ2n) is 13.1. The summed E-state index contributed by atoms with van der Waals surface area (Å²) in [5, 5.41) is 7.81. The van der Waals surface area contributed by atoms with Crippen LogP contribution in [0.5, 0.6) is 0 Å². The standard InChI is InChI=1S/C39H31BO2S/c1-37(2)38(3,4)42-40(41-37)28-21-25-18-17-24-11-10-15-31-35(24)36(25)32(23-28)39(31,26-12-6-5-7-13-26)27-19-20-30-29-14-8-9-16-33(29)43-34(30)22-27/h5-23H,1-4H3. The van der Waals surface area contributed by atoms with Crippen LogP contribution in [0.2, 0.25) is 0 Å². The smallest absolute Gasteiger partial charge is 0.399 e. The summed E-state index contributed by atoms with van der Waals surface area (Å²) in [5.41, 5.74) is 4.94. The van der Waals surface area contributed by atoms with Gasteiger partial charge in [-0.3, -0.25) is 0 Å². The molecule has 0 amide bonds. The molecule has 0 spiro atoms. The molecule has 43 heavy (non-hydrogen) atoms. The fourth-order valence-corrected chi connectivity index (χ4v) is 8.72. The molecule has 2 aliphatic rings. The Labute approximate surface area is 256 Å². The molecule has 1 aliphatic heterocycles. The zero-order valence-electron chi connectivity index (χ0n) is 24.8. The van der Waals surface area contributed by atoms with Gasteiger partial charge in [-0.05, 0) is 89.1 Å². The summed E-state index contributed by atoms with van der Waals surface area (Å²) >= 11 is 1.88. The van der Waals surface area contributed by atoms with E-state index < -0.39 is 23.7 Å². The van der Waals surface area contributed by atoms with Gasteiger partial charge >= 0.3 is 7.12 Å². The lowest BCUT2D eigenvalue weighted by Crippen LogP contribution is -2.41.